The fourth-order valence-corrected chi connectivity index (χ4v) is 3.33. The Hall–Kier alpha value is -4.20. The Balaban J connectivity index is 1.46. The predicted octanol–water partition coefficient (Wildman–Crippen LogP) is 4.24. The maximum absolute atomic E-state index is 14.7. The van der Waals surface area contributed by atoms with E-state index in [-0.39, 0.29) is 5.82 Å². The molecule has 0 saturated heterocycles. The number of nitrogens with zero attached hydrogens (tertiary/aromatic N) is 6. The Labute approximate surface area is 177 Å². The second-order valence-electron chi connectivity index (χ2n) is 7.08. The van der Waals surface area contributed by atoms with Gasteiger partial charge in [0.1, 0.15) is 17.3 Å². The molecule has 5 rings (SSSR count). The van der Waals surface area contributed by atoms with Crippen molar-refractivity contribution < 1.29 is 4.39 Å². The maximum Gasteiger partial charge on any atom is 0.153 e. The average molecular weight is 411 g/mol. The van der Waals surface area contributed by atoms with Crippen molar-refractivity contribution in [1.29, 1.82) is 0 Å². The van der Waals surface area contributed by atoms with E-state index in [0.29, 0.717) is 40.4 Å². The Morgan fingerprint density at radius 1 is 1.03 bits per heavy atom. The van der Waals surface area contributed by atoms with Crippen LogP contribution in [0.5, 0.6) is 0 Å². The molecule has 0 spiro atoms. The van der Waals surface area contributed by atoms with Crippen molar-refractivity contribution in [2.75, 3.05) is 5.43 Å². The molecule has 152 valence electrons. The van der Waals surface area contributed by atoms with Gasteiger partial charge >= 0.3 is 0 Å². The molecule has 5 aromatic rings. The van der Waals surface area contributed by atoms with E-state index in [1.54, 1.807) is 23.1 Å². The van der Waals surface area contributed by atoms with Crippen LogP contribution < -0.4 is 5.43 Å². The Morgan fingerprint density at radius 2 is 1.94 bits per heavy atom. The van der Waals surface area contributed by atoms with Crippen LogP contribution in [0.4, 0.5) is 10.2 Å². The van der Waals surface area contributed by atoms with Crippen molar-refractivity contribution in [2.24, 2.45) is 5.10 Å². The highest BCUT2D eigenvalue weighted by Crippen LogP contribution is 2.20. The number of hydrogen-bond acceptors (Lipinski definition) is 6. The van der Waals surface area contributed by atoms with Crippen LogP contribution in [-0.2, 0) is 6.42 Å². The van der Waals surface area contributed by atoms with Crippen molar-refractivity contribution in [3.05, 3.63) is 96.0 Å². The van der Waals surface area contributed by atoms with Crippen molar-refractivity contribution >= 4 is 28.1 Å². The fraction of sp³-hybridized carbons (Fsp3) is 0.0870. The van der Waals surface area contributed by atoms with Gasteiger partial charge in [-0.2, -0.15) is 10.2 Å². The zero-order valence-electron chi connectivity index (χ0n) is 16.7. The van der Waals surface area contributed by atoms with Crippen molar-refractivity contribution in [1.82, 2.24) is 24.6 Å². The van der Waals surface area contributed by atoms with E-state index in [9.17, 15) is 4.39 Å². The standard InChI is InChI=1S/C23H18FN7/c1-15(28-29-22-6-2-3-9-26-22)20-7-8-23-27-14-18(31(23)30-20)12-17-11-16-5-4-10-25-21(16)13-19(17)24/h2-11,13-14H,12H2,1H3,(H,26,29). The molecule has 0 aliphatic carbocycles. The van der Waals surface area contributed by atoms with Crippen LogP contribution in [0.15, 0.2) is 78.3 Å². The van der Waals surface area contributed by atoms with E-state index in [0.717, 1.165) is 11.1 Å². The lowest BCUT2D eigenvalue weighted by Gasteiger charge is -2.07. The summed E-state index contributed by atoms with van der Waals surface area (Å²) in [6, 6.07) is 16.3. The number of pyridine rings is 2. The number of rotatable bonds is 5. The molecule has 4 heterocycles. The first-order valence-corrected chi connectivity index (χ1v) is 9.76. The van der Waals surface area contributed by atoms with Crippen molar-refractivity contribution in [2.45, 2.75) is 13.3 Å². The van der Waals surface area contributed by atoms with Gasteiger partial charge in [-0.15, -0.1) is 0 Å². The molecular formula is C23H18FN7. The van der Waals surface area contributed by atoms with Gasteiger partial charge in [0.15, 0.2) is 5.65 Å². The number of hydrogen-bond donors (Lipinski definition) is 1. The first-order chi connectivity index (χ1) is 15.2. The van der Waals surface area contributed by atoms with Crippen LogP contribution >= 0.6 is 0 Å². The lowest BCUT2D eigenvalue weighted by molar-refractivity contribution is 0.614. The van der Waals surface area contributed by atoms with Crippen LogP contribution in [0.3, 0.4) is 0 Å². The Bertz CT molecular complexity index is 1410. The van der Waals surface area contributed by atoms with Gasteiger partial charge in [0.2, 0.25) is 0 Å². The molecule has 7 nitrogen and oxygen atoms in total. The highest BCUT2D eigenvalue weighted by molar-refractivity contribution is 5.97. The third kappa shape index (κ3) is 3.83. The zero-order chi connectivity index (χ0) is 21.2. The number of aromatic nitrogens is 5. The van der Waals surface area contributed by atoms with E-state index in [4.69, 9.17) is 0 Å². The number of fused-ring (bicyclic) bond motifs is 2. The summed E-state index contributed by atoms with van der Waals surface area (Å²) >= 11 is 0. The molecule has 0 unspecified atom stereocenters. The molecule has 8 heteroatoms. The third-order valence-electron chi connectivity index (χ3n) is 4.95. The molecule has 1 N–H and O–H groups in total. The fourth-order valence-electron chi connectivity index (χ4n) is 3.33. The second kappa shape index (κ2) is 7.91. The first kappa shape index (κ1) is 18.8. The Morgan fingerprint density at radius 3 is 2.81 bits per heavy atom. The number of hydrazone groups is 1. The quantitative estimate of drug-likeness (QED) is 0.346. The van der Waals surface area contributed by atoms with Gasteiger partial charge in [0, 0.05) is 30.3 Å². The first-order valence-electron chi connectivity index (χ1n) is 9.76. The van der Waals surface area contributed by atoms with Gasteiger partial charge < -0.3 is 0 Å². The number of halogens is 1. The van der Waals surface area contributed by atoms with Crippen LogP contribution in [0.2, 0.25) is 0 Å². The van der Waals surface area contributed by atoms with E-state index in [2.05, 4.69) is 30.6 Å². The van der Waals surface area contributed by atoms with Gasteiger partial charge in [-0.05, 0) is 48.9 Å². The molecule has 0 aliphatic rings. The second-order valence-corrected chi connectivity index (χ2v) is 7.08. The number of imidazole rings is 1. The van der Waals surface area contributed by atoms with Gasteiger partial charge in [0.05, 0.1) is 23.1 Å². The summed E-state index contributed by atoms with van der Waals surface area (Å²) in [5, 5.41) is 9.92. The monoisotopic (exact) mass is 411 g/mol. The van der Waals surface area contributed by atoms with E-state index in [1.807, 2.05) is 55.5 Å². The van der Waals surface area contributed by atoms with Crippen molar-refractivity contribution in [3.8, 4) is 0 Å². The van der Waals surface area contributed by atoms with Gasteiger partial charge in [-0.25, -0.2) is 18.9 Å². The summed E-state index contributed by atoms with van der Waals surface area (Å²) < 4.78 is 16.4. The minimum atomic E-state index is -0.297. The topological polar surface area (TPSA) is 80.4 Å². The van der Waals surface area contributed by atoms with Crippen molar-refractivity contribution in [3.63, 3.8) is 0 Å². The SMILES string of the molecule is CC(=NNc1ccccn1)c1ccc2ncc(Cc3cc4cccnc4cc3F)n2n1. The Kier molecular flexibility index (Phi) is 4.80. The zero-order valence-corrected chi connectivity index (χ0v) is 16.7. The molecule has 0 saturated carbocycles. The van der Waals surface area contributed by atoms with Crippen LogP contribution in [0.1, 0.15) is 23.9 Å². The highest BCUT2D eigenvalue weighted by Gasteiger charge is 2.12. The molecule has 0 amide bonds. The smallest absolute Gasteiger partial charge is 0.153 e. The summed E-state index contributed by atoms with van der Waals surface area (Å²) in [7, 11) is 0. The number of nitrogens with one attached hydrogen (secondary N) is 1. The average Bonchev–Trinajstić information content (AvgIpc) is 3.20. The minimum absolute atomic E-state index is 0.297. The molecule has 31 heavy (non-hydrogen) atoms. The molecule has 0 fully saturated rings. The maximum atomic E-state index is 14.7. The molecular weight excluding hydrogens is 393 g/mol. The highest BCUT2D eigenvalue weighted by atomic mass is 19.1. The molecule has 0 radical (unpaired) electrons. The molecule has 4 aromatic heterocycles. The minimum Gasteiger partial charge on any atom is -0.261 e. The largest absolute Gasteiger partial charge is 0.261 e. The van der Waals surface area contributed by atoms with Crippen LogP contribution in [0.25, 0.3) is 16.6 Å². The van der Waals surface area contributed by atoms with Crippen LogP contribution in [-0.4, -0.2) is 30.3 Å². The summed E-state index contributed by atoms with van der Waals surface area (Å²) in [4.78, 5) is 12.8. The normalized spacial score (nSPS) is 11.9. The number of benzene rings is 1. The van der Waals surface area contributed by atoms with E-state index < -0.39 is 0 Å². The third-order valence-corrected chi connectivity index (χ3v) is 4.95. The summed E-state index contributed by atoms with van der Waals surface area (Å²) in [5.74, 6) is 0.349. The van der Waals surface area contributed by atoms with E-state index >= 15 is 0 Å². The van der Waals surface area contributed by atoms with Gasteiger partial charge in [-0.1, -0.05) is 12.1 Å². The van der Waals surface area contributed by atoms with Crippen LogP contribution in [0, 0.1) is 5.82 Å². The summed E-state index contributed by atoms with van der Waals surface area (Å²) in [6.45, 7) is 1.86. The van der Waals surface area contributed by atoms with E-state index in [1.165, 1.54) is 6.07 Å². The summed E-state index contributed by atoms with van der Waals surface area (Å²) in [6.07, 6.45) is 5.43. The number of anilines is 1. The molecule has 0 atom stereocenters. The lowest BCUT2D eigenvalue weighted by atomic mass is 10.1. The van der Waals surface area contributed by atoms with Gasteiger partial charge in [-0.3, -0.25) is 10.4 Å². The molecule has 0 aliphatic heterocycles. The summed E-state index contributed by atoms with van der Waals surface area (Å²) in [5.41, 5.74) is 6.96. The molecule has 0 bridgehead atoms. The van der Waals surface area contributed by atoms with Gasteiger partial charge in [0.25, 0.3) is 0 Å². The lowest BCUT2D eigenvalue weighted by Crippen LogP contribution is -2.08. The molecule has 1 aromatic carbocycles. The predicted molar refractivity (Wildman–Crippen MR) is 118 cm³/mol.